The molecule has 0 amide bonds. The van der Waals surface area contributed by atoms with E-state index in [2.05, 4.69) is 16.6 Å². The Hall–Kier alpha value is -3.46. The highest BCUT2D eigenvalue weighted by molar-refractivity contribution is 7.99. The van der Waals surface area contributed by atoms with Crippen LogP contribution in [0.15, 0.2) is 71.8 Å². The van der Waals surface area contributed by atoms with E-state index in [4.69, 9.17) is 0 Å². The van der Waals surface area contributed by atoms with E-state index >= 15 is 4.39 Å². The Kier molecular flexibility index (Phi) is 11.0. The van der Waals surface area contributed by atoms with Gasteiger partial charge in [0, 0.05) is 28.3 Å². The number of pyridine rings is 1. The van der Waals surface area contributed by atoms with Crippen LogP contribution in [-0.2, 0) is 6.11 Å². The number of rotatable bonds is 12. The van der Waals surface area contributed by atoms with E-state index in [0.717, 1.165) is 36.5 Å². The van der Waals surface area contributed by atoms with Gasteiger partial charge < -0.3 is 4.74 Å². The van der Waals surface area contributed by atoms with Crippen molar-refractivity contribution in [2.75, 3.05) is 5.75 Å². The molecule has 1 aliphatic carbocycles. The zero-order chi connectivity index (χ0) is 32.8. The first-order valence-corrected chi connectivity index (χ1v) is 16.8. The maximum Gasteiger partial charge on any atom is 0.432 e. The fraction of sp³-hybridized carbons (Fsp3) is 0.378. The average molecular weight is 658 g/mol. The molecule has 0 spiro atoms. The number of nitrogens with zero attached hydrogens (tertiary/aromatic N) is 1. The van der Waals surface area contributed by atoms with Crippen LogP contribution in [0.25, 0.3) is 22.4 Å². The zero-order valence-corrected chi connectivity index (χ0v) is 26.7. The molecular weight excluding hydrogens is 620 g/mol. The molecule has 4 aromatic rings. The fourth-order valence-corrected chi connectivity index (χ4v) is 6.89. The third-order valence-electron chi connectivity index (χ3n) is 8.68. The summed E-state index contributed by atoms with van der Waals surface area (Å²) in [7, 11) is 0. The van der Waals surface area contributed by atoms with Crippen LogP contribution in [-0.4, -0.2) is 10.7 Å². The van der Waals surface area contributed by atoms with E-state index < -0.39 is 40.7 Å². The summed E-state index contributed by atoms with van der Waals surface area (Å²) in [6.07, 6.45) is 7.22. The third kappa shape index (κ3) is 7.91. The van der Waals surface area contributed by atoms with Crippen molar-refractivity contribution in [3.8, 4) is 28.1 Å². The van der Waals surface area contributed by atoms with Gasteiger partial charge in [0.25, 0.3) is 0 Å². The molecular formula is C37H37F6NOS. The van der Waals surface area contributed by atoms with Crippen LogP contribution < -0.4 is 4.74 Å². The Bertz CT molecular complexity index is 1610. The lowest BCUT2D eigenvalue weighted by Crippen LogP contribution is -2.25. The maximum atomic E-state index is 15.3. The molecule has 0 aliphatic heterocycles. The molecule has 3 aromatic carbocycles. The summed E-state index contributed by atoms with van der Waals surface area (Å²) in [6.45, 7) is 4.02. The van der Waals surface area contributed by atoms with Crippen molar-refractivity contribution in [2.45, 2.75) is 82.1 Å². The van der Waals surface area contributed by atoms with Gasteiger partial charge in [-0.3, -0.25) is 4.98 Å². The van der Waals surface area contributed by atoms with Gasteiger partial charge in [-0.2, -0.15) is 8.78 Å². The van der Waals surface area contributed by atoms with Gasteiger partial charge in [0.05, 0.1) is 5.69 Å². The Labute approximate surface area is 270 Å². The number of hydrogen-bond donors (Lipinski definition) is 0. The van der Waals surface area contributed by atoms with Crippen molar-refractivity contribution in [1.82, 2.24) is 4.98 Å². The number of hydrogen-bond acceptors (Lipinski definition) is 3. The molecule has 9 heteroatoms. The summed E-state index contributed by atoms with van der Waals surface area (Å²) in [6, 6.07) is 12.3. The van der Waals surface area contributed by atoms with Crippen LogP contribution in [0.2, 0.25) is 0 Å². The third-order valence-corrected chi connectivity index (χ3v) is 9.61. The number of halogens is 6. The highest BCUT2D eigenvalue weighted by Gasteiger charge is 2.41. The van der Waals surface area contributed by atoms with Crippen molar-refractivity contribution in [3.63, 3.8) is 0 Å². The number of ether oxygens (including phenoxy) is 1. The van der Waals surface area contributed by atoms with Crippen LogP contribution >= 0.6 is 11.8 Å². The van der Waals surface area contributed by atoms with Gasteiger partial charge >= 0.3 is 6.11 Å². The van der Waals surface area contributed by atoms with E-state index in [9.17, 15) is 22.0 Å². The smallest absolute Gasteiger partial charge is 0.429 e. The molecule has 0 bridgehead atoms. The Morgan fingerprint density at radius 2 is 1.50 bits per heavy atom. The molecule has 5 rings (SSSR count). The molecule has 244 valence electrons. The number of unbranched alkanes of at least 4 members (excludes halogenated alkanes) is 2. The number of aromatic nitrogens is 1. The van der Waals surface area contributed by atoms with Gasteiger partial charge in [0.15, 0.2) is 0 Å². The lowest BCUT2D eigenvalue weighted by Gasteiger charge is -2.28. The lowest BCUT2D eigenvalue weighted by atomic mass is 9.77. The first-order chi connectivity index (χ1) is 22.1. The average Bonchev–Trinajstić information content (AvgIpc) is 3.02. The van der Waals surface area contributed by atoms with Crippen LogP contribution in [0.1, 0.15) is 82.3 Å². The monoisotopic (exact) mass is 657 g/mol. The van der Waals surface area contributed by atoms with Crippen LogP contribution in [0.3, 0.4) is 0 Å². The zero-order valence-electron chi connectivity index (χ0n) is 25.9. The number of thioether (sulfide) groups is 1. The van der Waals surface area contributed by atoms with Gasteiger partial charge in [-0.25, -0.2) is 17.6 Å². The summed E-state index contributed by atoms with van der Waals surface area (Å²) in [5.74, 6) is -3.62. The first-order valence-electron chi connectivity index (χ1n) is 15.8. The van der Waals surface area contributed by atoms with Crippen molar-refractivity contribution >= 4 is 11.8 Å². The van der Waals surface area contributed by atoms with E-state index in [1.54, 1.807) is 13.0 Å². The molecule has 1 aliphatic rings. The largest absolute Gasteiger partial charge is 0.432 e. The van der Waals surface area contributed by atoms with Gasteiger partial charge in [0.2, 0.25) is 0 Å². The molecule has 1 fully saturated rings. The molecule has 0 radical (unpaired) electrons. The molecule has 1 saturated carbocycles. The normalized spacial score (nSPS) is 16.9. The van der Waals surface area contributed by atoms with E-state index in [-0.39, 0.29) is 16.0 Å². The molecule has 2 nitrogen and oxygen atoms in total. The first kappa shape index (κ1) is 33.9. The molecule has 0 unspecified atom stereocenters. The minimum absolute atomic E-state index is 0.171. The van der Waals surface area contributed by atoms with Crippen LogP contribution in [0.4, 0.5) is 26.3 Å². The van der Waals surface area contributed by atoms with Crippen molar-refractivity contribution in [2.24, 2.45) is 5.92 Å². The summed E-state index contributed by atoms with van der Waals surface area (Å²) < 4.78 is 93.8. The minimum Gasteiger partial charge on any atom is -0.429 e. The van der Waals surface area contributed by atoms with Crippen molar-refractivity contribution in [3.05, 3.63) is 101 Å². The molecule has 0 N–H and O–H groups in total. The van der Waals surface area contributed by atoms with E-state index in [1.165, 1.54) is 68.5 Å². The predicted molar refractivity (Wildman–Crippen MR) is 171 cm³/mol. The van der Waals surface area contributed by atoms with E-state index in [1.807, 2.05) is 18.3 Å². The topological polar surface area (TPSA) is 22.1 Å². The fourth-order valence-electron chi connectivity index (χ4n) is 6.22. The molecule has 46 heavy (non-hydrogen) atoms. The lowest BCUT2D eigenvalue weighted by molar-refractivity contribution is -0.189. The van der Waals surface area contributed by atoms with Crippen LogP contribution in [0, 0.1) is 29.2 Å². The summed E-state index contributed by atoms with van der Waals surface area (Å²) in [5, 5.41) is 0. The summed E-state index contributed by atoms with van der Waals surface area (Å²) in [5.41, 5.74) is 0.0902. The molecule has 0 atom stereocenters. The van der Waals surface area contributed by atoms with Crippen molar-refractivity contribution < 1.29 is 31.1 Å². The van der Waals surface area contributed by atoms with Gasteiger partial charge in [-0.1, -0.05) is 57.7 Å². The second kappa shape index (κ2) is 15.0. The van der Waals surface area contributed by atoms with Crippen LogP contribution in [0.5, 0.6) is 5.75 Å². The highest BCUT2D eigenvalue weighted by Crippen LogP contribution is 2.40. The standard InChI is InChI=1S/C37H37F6NOS/c1-3-5-6-7-23-8-10-24(11-9-23)26-13-16-34(44-22-26)25-12-15-29(30(38)18-25)27-19-32(40)36(33(41)20-27)37(42,43)45-28-14-17-35(46-4-2)31(39)21-28/h12-24H,3-11H2,1-2H3. The van der Waals surface area contributed by atoms with Gasteiger partial charge in [-0.05, 0) is 90.8 Å². The number of benzene rings is 3. The summed E-state index contributed by atoms with van der Waals surface area (Å²) in [4.78, 5) is 4.79. The molecule has 1 aromatic heterocycles. The van der Waals surface area contributed by atoms with Gasteiger partial charge in [0.1, 0.15) is 34.6 Å². The maximum absolute atomic E-state index is 15.3. The Morgan fingerprint density at radius 3 is 2.11 bits per heavy atom. The summed E-state index contributed by atoms with van der Waals surface area (Å²) >= 11 is 1.17. The number of alkyl halides is 2. The van der Waals surface area contributed by atoms with Gasteiger partial charge in [-0.15, -0.1) is 11.8 Å². The molecule has 1 heterocycles. The highest BCUT2D eigenvalue weighted by atomic mass is 32.2. The Balaban J connectivity index is 1.28. The quantitative estimate of drug-likeness (QED) is 0.0860. The predicted octanol–water partition coefficient (Wildman–Crippen LogP) is 12.1. The van der Waals surface area contributed by atoms with Crippen molar-refractivity contribution in [1.29, 1.82) is 0 Å². The Morgan fingerprint density at radius 1 is 0.783 bits per heavy atom. The second-order valence-electron chi connectivity index (χ2n) is 11.8. The SMILES string of the molecule is CCCCCC1CCC(c2ccc(-c3ccc(-c4cc(F)c(C(F)(F)Oc5ccc(SCC)c(F)c5)c(F)c4)c(F)c3)nc2)CC1. The minimum atomic E-state index is -4.47. The van der Waals surface area contributed by atoms with E-state index in [0.29, 0.717) is 35.1 Å². The molecule has 0 saturated heterocycles. The second-order valence-corrected chi connectivity index (χ2v) is 13.1.